The Morgan fingerprint density at radius 2 is 0.969 bits per heavy atom. The van der Waals surface area contributed by atoms with Crippen molar-refractivity contribution < 1.29 is 87.3 Å². The molecule has 3 aliphatic rings. The Balaban J connectivity index is -0.0000000840. The predicted octanol–water partition coefficient (Wildman–Crippen LogP) is 4.39. The molecule has 2 amide bonds. The maximum atomic E-state index is 11.5. The van der Waals surface area contributed by atoms with Gasteiger partial charge in [0.25, 0.3) is 5.97 Å². The van der Waals surface area contributed by atoms with Gasteiger partial charge in [-0.15, -0.1) is 24.8 Å². The molecule has 2 heterocycles. The second-order valence-corrected chi connectivity index (χ2v) is 16.7. The van der Waals surface area contributed by atoms with Crippen LogP contribution in [0.15, 0.2) is 0 Å². The van der Waals surface area contributed by atoms with Gasteiger partial charge in [0.2, 0.25) is 5.97 Å². The summed E-state index contributed by atoms with van der Waals surface area (Å²) in [5, 5.41) is 13.1. The molecule has 0 spiro atoms. The molecule has 22 heteroatoms. The number of ether oxygens (including phenoxy) is 2. The van der Waals surface area contributed by atoms with Crippen molar-refractivity contribution in [3.8, 4) is 0 Å². The van der Waals surface area contributed by atoms with E-state index < -0.39 is 29.5 Å². The van der Waals surface area contributed by atoms with E-state index in [1.165, 1.54) is 58.4 Å². The maximum Gasteiger partial charge on any atom is 1.00 e. The van der Waals surface area contributed by atoms with Crippen LogP contribution in [0.2, 0.25) is 0 Å². The molecule has 2 atom stereocenters. The number of carbonyl (C=O) groups excluding carboxylic acids is 5. The standard InChI is InChI=1S/C13H26N2O2.C11H21NO2.C8H18N2.C4H6O4.C2H3BO2.C2H4O2.2CH4.B.2ClH.Na/c1-10(2)15-8-6-7-11(15)9-14-12(16)17-13(3,4)5;1-11(2,3)14-10(13)12-8-9-6-4-5-7-9;1-7(2)10-5-3-4-8(10)6-9;1-3(5)7-8-4(2)6;1-2(4)5-3;1-2(3)4;;;;;;/h10-11H,6-9H2,1-5H3,(H,14,16);9H,4-8H2,1-3H3,(H,12,13);7-8H,3-6,9H2,1-2H3;1-2H3;1H3;1H3,(H,3,4);2*1H4;;2*1H;/q;;;;-1;;;;;;;+1/t11-;;8-;;;;;;;;;/m0.0........./s1. The topological polar surface area (TPSA) is 225 Å². The summed E-state index contributed by atoms with van der Waals surface area (Å²) in [5.74, 6) is -1.91. The van der Waals surface area contributed by atoms with Gasteiger partial charge in [0.15, 0.2) is 0 Å². The molecule has 6 radical (unpaired) electrons. The molecule has 5 N–H and O–H groups in total. The van der Waals surface area contributed by atoms with Crippen molar-refractivity contribution in [3.63, 3.8) is 0 Å². The normalized spacial score (nSPS) is 16.1. The minimum Gasteiger partial charge on any atom is -0.793 e. The minimum atomic E-state index is -0.833. The number of halogens is 2. The molecule has 0 aromatic heterocycles. The maximum absolute atomic E-state index is 11.5. The van der Waals surface area contributed by atoms with Gasteiger partial charge >= 0.3 is 53.7 Å². The van der Waals surface area contributed by atoms with Gasteiger partial charge in [0.05, 0.1) is 0 Å². The summed E-state index contributed by atoms with van der Waals surface area (Å²) in [5.41, 5.74) is 4.81. The zero-order valence-electron chi connectivity index (χ0n) is 40.5. The number of hydrogen-bond donors (Lipinski definition) is 4. The third kappa shape index (κ3) is 54.3. The number of rotatable bonds is 7. The fourth-order valence-corrected chi connectivity index (χ4v) is 5.94. The number of carbonyl (C=O) groups is 6. The van der Waals surface area contributed by atoms with Crippen LogP contribution in [0.5, 0.6) is 0 Å². The summed E-state index contributed by atoms with van der Waals surface area (Å²) in [4.78, 5) is 73.6. The molecule has 3 fully saturated rings. The molecule has 1 aliphatic carbocycles. The number of alkyl carbamates (subject to hydrolysis) is 2. The van der Waals surface area contributed by atoms with Crippen molar-refractivity contribution in [1.82, 2.24) is 20.4 Å². The number of nitrogens with zero attached hydrogens (tertiary/aromatic N) is 2. The number of nitrogens with one attached hydrogen (secondary N) is 2. The number of carboxylic acids is 1. The first-order valence-electron chi connectivity index (χ1n) is 20.2. The van der Waals surface area contributed by atoms with E-state index in [4.69, 9.17) is 25.1 Å². The Labute approximate surface area is 425 Å². The van der Waals surface area contributed by atoms with Crippen LogP contribution in [0.25, 0.3) is 0 Å². The summed E-state index contributed by atoms with van der Waals surface area (Å²) < 4.78 is 14.0. The van der Waals surface area contributed by atoms with E-state index in [1.54, 1.807) is 0 Å². The molecule has 1 saturated carbocycles. The van der Waals surface area contributed by atoms with Crippen molar-refractivity contribution in [2.45, 2.75) is 199 Å². The van der Waals surface area contributed by atoms with Gasteiger partial charge in [0, 0.05) is 79.9 Å². The molecule has 0 unspecified atom stereocenters. The number of nitrogens with two attached hydrogens (primary N) is 1. The SMILES string of the molecule is C.C.CC(=O)O.CC(=O)OOC(C)=O.CC(C)(C)OC(=O)NCC1CCCC1.CC(C)N1CCC[C@H]1CN.CC(C)N1CCC[C@H]1CNC(=O)OC(C)(C)C.Cl.Cl.[B-]OC(C)=O.[B].[Na+]. The first-order valence-corrected chi connectivity index (χ1v) is 20.2. The summed E-state index contributed by atoms with van der Waals surface area (Å²) in [7, 11) is 4.32. The third-order valence-corrected chi connectivity index (χ3v) is 8.18. The fourth-order valence-electron chi connectivity index (χ4n) is 5.94. The molecule has 0 aromatic rings. The Kier molecular flexibility index (Phi) is 59.2. The fraction of sp³-hybridized carbons (Fsp3) is 0.857. The Morgan fingerprint density at radius 3 is 1.23 bits per heavy atom. The zero-order chi connectivity index (χ0) is 45.6. The molecule has 2 aliphatic heterocycles. The number of likely N-dealkylation sites (tertiary alicyclic amines) is 2. The van der Waals surface area contributed by atoms with Gasteiger partial charge in [-0.2, -0.15) is 0 Å². The first-order chi connectivity index (χ1) is 26.6. The Hall–Kier alpha value is -1.99. The molecule has 374 valence electrons. The van der Waals surface area contributed by atoms with Crippen LogP contribution in [0.3, 0.4) is 0 Å². The van der Waals surface area contributed by atoms with Crippen LogP contribution < -0.4 is 45.9 Å². The number of aliphatic carboxylic acids is 1. The van der Waals surface area contributed by atoms with Crippen LogP contribution >= 0.6 is 24.8 Å². The Morgan fingerprint density at radius 1 is 0.656 bits per heavy atom. The van der Waals surface area contributed by atoms with Crippen LogP contribution in [0.4, 0.5) is 9.59 Å². The van der Waals surface area contributed by atoms with Crippen LogP contribution in [-0.4, -0.2) is 136 Å². The first kappa shape index (κ1) is 82.1. The van der Waals surface area contributed by atoms with E-state index in [0.29, 0.717) is 36.6 Å². The van der Waals surface area contributed by atoms with Crippen LogP contribution in [0, 0.1) is 5.92 Å². The predicted molar refractivity (Wildman–Crippen MR) is 257 cm³/mol. The van der Waals surface area contributed by atoms with Gasteiger partial charge in [-0.25, -0.2) is 29.0 Å². The van der Waals surface area contributed by atoms with Gasteiger partial charge in [-0.05, 0) is 127 Å². The molecule has 3 rings (SSSR count). The van der Waals surface area contributed by atoms with Crippen molar-refractivity contribution in [1.29, 1.82) is 0 Å². The minimum absolute atomic E-state index is 0. The van der Waals surface area contributed by atoms with Gasteiger partial charge in [0.1, 0.15) is 11.2 Å². The molecule has 0 bridgehead atoms. The number of amides is 2. The van der Waals surface area contributed by atoms with E-state index in [1.807, 2.05) is 41.5 Å². The summed E-state index contributed by atoms with van der Waals surface area (Å²) in [6, 6.07) is 2.35. The second kappa shape index (κ2) is 46.1. The van der Waals surface area contributed by atoms with Gasteiger partial charge in [-0.1, -0.05) is 27.7 Å². The van der Waals surface area contributed by atoms with Gasteiger partial charge in [-0.3, -0.25) is 19.4 Å². The van der Waals surface area contributed by atoms with Crippen LogP contribution in [-0.2, 0) is 43.1 Å². The second-order valence-electron chi connectivity index (χ2n) is 16.7. The molecule has 64 heavy (non-hydrogen) atoms. The average molecular weight is 971 g/mol. The smallest absolute Gasteiger partial charge is 0.793 e. The quantitative estimate of drug-likeness (QED) is 0.158. The zero-order valence-corrected chi connectivity index (χ0v) is 44.1. The van der Waals surface area contributed by atoms with Crippen molar-refractivity contribution in [2.75, 3.05) is 32.7 Å². The Bertz CT molecular complexity index is 1180. The summed E-state index contributed by atoms with van der Waals surface area (Å²) in [6.45, 7) is 29.4. The monoisotopic (exact) mass is 970 g/mol. The summed E-state index contributed by atoms with van der Waals surface area (Å²) in [6.07, 6.45) is 9.52. The van der Waals surface area contributed by atoms with E-state index in [-0.39, 0.29) is 95.4 Å². The van der Waals surface area contributed by atoms with Crippen molar-refractivity contribution in [3.05, 3.63) is 0 Å². The molecule has 2 saturated heterocycles. The van der Waals surface area contributed by atoms with Crippen LogP contribution in [0.1, 0.15) is 163 Å². The molecule has 0 aromatic carbocycles. The van der Waals surface area contributed by atoms with E-state index >= 15 is 0 Å². The number of hydrogen-bond acceptors (Lipinski definition) is 14. The van der Waals surface area contributed by atoms with Crippen molar-refractivity contribution in [2.24, 2.45) is 11.7 Å². The molecule has 17 nitrogen and oxygen atoms in total. The van der Waals surface area contributed by atoms with E-state index in [0.717, 1.165) is 46.8 Å². The average Bonchev–Trinajstić information content (AvgIpc) is 3.87. The molecular weight excluding hydrogens is 882 g/mol. The largest absolute Gasteiger partial charge is 1.00 e. The molecular formula is C42H88B2Cl2N5NaO12. The summed E-state index contributed by atoms with van der Waals surface area (Å²) >= 11 is 0. The number of carboxylic acid groups (broad SMARTS) is 1. The van der Waals surface area contributed by atoms with E-state index in [9.17, 15) is 24.0 Å². The van der Waals surface area contributed by atoms with E-state index in [2.05, 4.69) is 70.6 Å². The van der Waals surface area contributed by atoms with Crippen molar-refractivity contribution >= 4 is 77.3 Å². The third-order valence-electron chi connectivity index (χ3n) is 8.18. The van der Waals surface area contributed by atoms with Gasteiger partial charge < -0.3 is 43.7 Å².